The summed E-state index contributed by atoms with van der Waals surface area (Å²) in [5, 5.41) is 5.34. The maximum absolute atomic E-state index is 13.8. The van der Waals surface area contributed by atoms with Crippen LogP contribution in [0.25, 0.3) is 16.6 Å². The van der Waals surface area contributed by atoms with E-state index in [1.165, 1.54) is 22.8 Å². The molecular weight excluding hydrogens is 395 g/mol. The van der Waals surface area contributed by atoms with Crippen molar-refractivity contribution in [2.75, 3.05) is 0 Å². The molecule has 0 saturated carbocycles. The summed E-state index contributed by atoms with van der Waals surface area (Å²) in [7, 11) is 1.70. The minimum atomic E-state index is -0.494. The normalized spacial score (nSPS) is 13.5. The van der Waals surface area contributed by atoms with Crippen molar-refractivity contribution in [1.29, 1.82) is 0 Å². The van der Waals surface area contributed by atoms with Gasteiger partial charge in [0.15, 0.2) is 0 Å². The van der Waals surface area contributed by atoms with Crippen LogP contribution in [0.4, 0.5) is 4.39 Å². The van der Waals surface area contributed by atoms with Gasteiger partial charge in [0.1, 0.15) is 17.7 Å². The van der Waals surface area contributed by atoms with Crippen LogP contribution in [0.3, 0.4) is 0 Å². The van der Waals surface area contributed by atoms with Crippen molar-refractivity contribution in [3.05, 3.63) is 88.7 Å². The average molecular weight is 420 g/mol. The number of benzene rings is 2. The van der Waals surface area contributed by atoms with E-state index >= 15 is 0 Å². The lowest BCUT2D eigenvalue weighted by molar-refractivity contribution is 0.151. The fourth-order valence-electron chi connectivity index (χ4n) is 3.54. The van der Waals surface area contributed by atoms with Gasteiger partial charge in [0.2, 0.25) is 5.56 Å². The van der Waals surface area contributed by atoms with E-state index in [2.05, 4.69) is 5.10 Å². The highest BCUT2D eigenvalue weighted by atomic mass is 19.1. The molecule has 7 heteroatoms. The van der Waals surface area contributed by atoms with Gasteiger partial charge >= 0.3 is 0 Å². The number of aryl methyl sites for hydroxylation is 1. The molecule has 0 aliphatic carbocycles. The summed E-state index contributed by atoms with van der Waals surface area (Å²) in [5.74, 6) is 0.443. The molecule has 0 spiro atoms. The molecule has 2 atom stereocenters. The van der Waals surface area contributed by atoms with Gasteiger partial charge in [-0.05, 0) is 47.9 Å². The summed E-state index contributed by atoms with van der Waals surface area (Å²) in [5.41, 5.74) is 8.69. The number of pyridine rings is 1. The molecule has 2 aromatic carbocycles. The van der Waals surface area contributed by atoms with Crippen molar-refractivity contribution >= 4 is 10.9 Å². The van der Waals surface area contributed by atoms with Gasteiger partial charge in [0.25, 0.3) is 0 Å². The maximum atomic E-state index is 13.8. The predicted octanol–water partition coefficient (Wildman–Crippen LogP) is 3.97. The van der Waals surface area contributed by atoms with Gasteiger partial charge in [-0.2, -0.15) is 5.10 Å². The number of ether oxygens (including phenoxy) is 1. The Balaban J connectivity index is 1.69. The predicted molar refractivity (Wildman–Crippen MR) is 119 cm³/mol. The van der Waals surface area contributed by atoms with Gasteiger partial charge in [0.05, 0.1) is 17.4 Å². The Bertz CT molecular complexity index is 1280. The lowest BCUT2D eigenvalue weighted by Gasteiger charge is -2.28. The molecule has 4 rings (SSSR count). The Morgan fingerprint density at radius 1 is 1.10 bits per heavy atom. The maximum Gasteiger partial charge on any atom is 0.250 e. The lowest BCUT2D eigenvalue weighted by Crippen LogP contribution is -2.36. The molecular formula is C24H25FN4O2. The number of aromatic nitrogens is 3. The molecule has 0 saturated heterocycles. The minimum absolute atomic E-state index is 0.0826. The molecule has 2 heterocycles. The fraction of sp³-hybridized carbons (Fsp3) is 0.250. The van der Waals surface area contributed by atoms with E-state index in [0.29, 0.717) is 11.3 Å². The molecule has 0 radical (unpaired) electrons. The monoisotopic (exact) mass is 420 g/mol. The van der Waals surface area contributed by atoms with Crippen LogP contribution in [0.2, 0.25) is 0 Å². The molecule has 0 unspecified atom stereocenters. The molecule has 2 aromatic heterocycles. The Morgan fingerprint density at radius 2 is 1.90 bits per heavy atom. The van der Waals surface area contributed by atoms with Crippen LogP contribution in [0.1, 0.15) is 25.5 Å². The van der Waals surface area contributed by atoms with Gasteiger partial charge in [-0.25, -0.2) is 9.07 Å². The lowest BCUT2D eigenvalue weighted by atomic mass is 9.94. The molecule has 2 N–H and O–H groups in total. The van der Waals surface area contributed by atoms with Crippen molar-refractivity contribution in [3.63, 3.8) is 0 Å². The van der Waals surface area contributed by atoms with E-state index < -0.39 is 6.10 Å². The fourth-order valence-corrected chi connectivity index (χ4v) is 3.54. The topological polar surface area (TPSA) is 75.1 Å². The van der Waals surface area contributed by atoms with E-state index in [0.717, 1.165) is 16.6 Å². The summed E-state index contributed by atoms with van der Waals surface area (Å²) in [4.78, 5) is 11.7. The van der Waals surface area contributed by atoms with Crippen LogP contribution >= 0.6 is 0 Å². The molecule has 0 aliphatic rings. The molecule has 160 valence electrons. The molecule has 0 amide bonds. The summed E-state index contributed by atoms with van der Waals surface area (Å²) >= 11 is 0. The zero-order chi connectivity index (χ0) is 22.1. The first-order chi connectivity index (χ1) is 14.8. The summed E-state index contributed by atoms with van der Waals surface area (Å²) in [6.07, 6.45) is 2.99. The first-order valence-corrected chi connectivity index (χ1v) is 10.2. The van der Waals surface area contributed by atoms with Crippen molar-refractivity contribution in [2.45, 2.75) is 26.0 Å². The van der Waals surface area contributed by atoms with Gasteiger partial charge < -0.3 is 15.0 Å². The highest BCUT2D eigenvalue weighted by Crippen LogP contribution is 2.30. The first-order valence-electron chi connectivity index (χ1n) is 10.2. The van der Waals surface area contributed by atoms with E-state index in [1.807, 2.05) is 38.1 Å². The van der Waals surface area contributed by atoms with Gasteiger partial charge in [-0.3, -0.25) is 4.79 Å². The average Bonchev–Trinajstić information content (AvgIpc) is 3.16. The molecule has 31 heavy (non-hydrogen) atoms. The third-order valence-electron chi connectivity index (χ3n) is 5.41. The van der Waals surface area contributed by atoms with Crippen LogP contribution in [-0.4, -0.2) is 20.4 Å². The summed E-state index contributed by atoms with van der Waals surface area (Å²) in [6, 6.07) is 14.9. The van der Waals surface area contributed by atoms with Gasteiger partial charge in [-0.1, -0.05) is 26.0 Å². The third kappa shape index (κ3) is 4.22. The van der Waals surface area contributed by atoms with E-state index in [-0.39, 0.29) is 23.3 Å². The number of nitrogens with two attached hydrogens (primary N) is 1. The first kappa shape index (κ1) is 20.8. The third-order valence-corrected chi connectivity index (χ3v) is 5.41. The zero-order valence-corrected chi connectivity index (χ0v) is 17.7. The standard InChI is InChI=1S/C24H25FN4O2/c1-15(2)23(26)24(16-5-4-6-18(25)11-16)31-20-8-9-21-17(12-20)13-27-29(21)19-7-10-22(30)28(3)14-19/h4-15,23-24H,26H2,1-3H3/t23-,24+/m0/s1. The molecule has 0 aliphatic heterocycles. The van der Waals surface area contributed by atoms with Crippen molar-refractivity contribution in [3.8, 4) is 11.4 Å². The highest BCUT2D eigenvalue weighted by molar-refractivity contribution is 5.81. The van der Waals surface area contributed by atoms with Crippen LogP contribution in [-0.2, 0) is 7.05 Å². The smallest absolute Gasteiger partial charge is 0.250 e. The van der Waals surface area contributed by atoms with E-state index in [1.54, 1.807) is 36.3 Å². The van der Waals surface area contributed by atoms with Crippen LogP contribution in [0.15, 0.2) is 71.8 Å². The Kier molecular flexibility index (Phi) is 5.61. The second kappa shape index (κ2) is 8.35. The van der Waals surface area contributed by atoms with Gasteiger partial charge in [-0.15, -0.1) is 0 Å². The van der Waals surface area contributed by atoms with E-state index in [9.17, 15) is 9.18 Å². The molecule has 6 nitrogen and oxygen atoms in total. The number of hydrogen-bond acceptors (Lipinski definition) is 4. The minimum Gasteiger partial charge on any atom is -0.484 e. The van der Waals surface area contributed by atoms with Crippen molar-refractivity contribution < 1.29 is 9.13 Å². The molecule has 0 bridgehead atoms. The number of hydrogen-bond donors (Lipinski definition) is 1. The highest BCUT2D eigenvalue weighted by Gasteiger charge is 2.25. The van der Waals surface area contributed by atoms with Crippen LogP contribution < -0.4 is 16.0 Å². The van der Waals surface area contributed by atoms with Crippen molar-refractivity contribution in [1.82, 2.24) is 14.3 Å². The number of fused-ring (bicyclic) bond motifs is 1. The summed E-state index contributed by atoms with van der Waals surface area (Å²) < 4.78 is 23.4. The quantitative estimate of drug-likeness (QED) is 0.512. The SMILES string of the molecule is CC(C)[C@H](N)[C@H](Oc1ccc2c(cnn2-c2ccc(=O)n(C)c2)c1)c1cccc(F)c1. The molecule has 0 fully saturated rings. The zero-order valence-electron chi connectivity index (χ0n) is 17.7. The number of nitrogens with zero attached hydrogens (tertiary/aromatic N) is 3. The van der Waals surface area contributed by atoms with Gasteiger partial charge in [0, 0.05) is 30.7 Å². The Labute approximate surface area is 179 Å². The van der Waals surface area contributed by atoms with Crippen LogP contribution in [0, 0.1) is 11.7 Å². The van der Waals surface area contributed by atoms with E-state index in [4.69, 9.17) is 10.5 Å². The molecule has 4 aromatic rings. The second-order valence-electron chi connectivity index (χ2n) is 8.03. The largest absolute Gasteiger partial charge is 0.484 e. The second-order valence-corrected chi connectivity index (χ2v) is 8.03. The van der Waals surface area contributed by atoms with Crippen molar-refractivity contribution in [2.24, 2.45) is 18.7 Å². The Morgan fingerprint density at radius 3 is 2.61 bits per heavy atom. The number of halogens is 1. The number of rotatable bonds is 6. The summed E-state index contributed by atoms with van der Waals surface area (Å²) in [6.45, 7) is 4.03. The Hall–Kier alpha value is -3.45. The van der Waals surface area contributed by atoms with Crippen LogP contribution in [0.5, 0.6) is 5.75 Å².